The van der Waals surface area contributed by atoms with Gasteiger partial charge in [-0.05, 0) is 51.4 Å². The summed E-state index contributed by atoms with van der Waals surface area (Å²) in [4.78, 5) is 11.1. The highest BCUT2D eigenvalue weighted by molar-refractivity contribution is 5.69. The van der Waals surface area contributed by atoms with Crippen LogP contribution in [0.25, 0.3) is 0 Å². The Balaban J connectivity index is 2.17. The summed E-state index contributed by atoms with van der Waals surface area (Å²) in [5, 5.41) is 3.31. The predicted molar refractivity (Wildman–Crippen MR) is 79.8 cm³/mol. The van der Waals surface area contributed by atoms with E-state index < -0.39 is 0 Å². The second kappa shape index (κ2) is 9.37. The fraction of sp³-hybridized carbons (Fsp3) is 0.562. The predicted octanol–water partition coefficient (Wildman–Crippen LogP) is 2.91. The maximum absolute atomic E-state index is 11.1. The molecule has 0 radical (unpaired) electrons. The zero-order chi connectivity index (χ0) is 14.8. The van der Waals surface area contributed by atoms with Gasteiger partial charge in [0.25, 0.3) is 0 Å². The highest BCUT2D eigenvalue weighted by Crippen LogP contribution is 2.13. The summed E-state index contributed by atoms with van der Waals surface area (Å²) in [6.07, 6.45) is 1.47. The molecule has 0 saturated heterocycles. The molecule has 1 rings (SSSR count). The second-order valence-electron chi connectivity index (χ2n) is 4.90. The van der Waals surface area contributed by atoms with Crippen molar-refractivity contribution in [3.8, 4) is 5.75 Å². The number of carbonyl (C=O) groups is 1. The SMILES string of the molecule is CCOC(=O)CCCNCc1ccc(OC(C)C)cc1. The van der Waals surface area contributed by atoms with Crippen LogP contribution in [0.15, 0.2) is 24.3 Å². The van der Waals surface area contributed by atoms with Crippen LogP contribution in [0, 0.1) is 0 Å². The molecule has 4 heteroatoms. The standard InChI is InChI=1S/C16H25NO3/c1-4-19-16(18)6-5-11-17-12-14-7-9-15(10-8-14)20-13(2)3/h7-10,13,17H,4-6,11-12H2,1-3H3. The van der Waals surface area contributed by atoms with Crippen LogP contribution in [-0.2, 0) is 16.1 Å². The summed E-state index contributed by atoms with van der Waals surface area (Å²) in [6.45, 7) is 7.91. The van der Waals surface area contributed by atoms with Crippen LogP contribution in [0.1, 0.15) is 39.2 Å². The Morgan fingerprint density at radius 1 is 1.25 bits per heavy atom. The molecule has 0 spiro atoms. The molecule has 0 aromatic heterocycles. The van der Waals surface area contributed by atoms with Gasteiger partial charge in [-0.15, -0.1) is 0 Å². The van der Waals surface area contributed by atoms with Gasteiger partial charge < -0.3 is 14.8 Å². The first kappa shape index (κ1) is 16.5. The minimum Gasteiger partial charge on any atom is -0.491 e. The van der Waals surface area contributed by atoms with Gasteiger partial charge in [-0.1, -0.05) is 12.1 Å². The van der Waals surface area contributed by atoms with Crippen molar-refractivity contribution < 1.29 is 14.3 Å². The number of nitrogens with one attached hydrogen (secondary N) is 1. The van der Waals surface area contributed by atoms with Gasteiger partial charge in [-0.25, -0.2) is 0 Å². The third-order valence-electron chi connectivity index (χ3n) is 2.66. The van der Waals surface area contributed by atoms with Crippen molar-refractivity contribution in [1.82, 2.24) is 5.32 Å². The lowest BCUT2D eigenvalue weighted by atomic mass is 10.2. The first-order valence-corrected chi connectivity index (χ1v) is 7.23. The zero-order valence-corrected chi connectivity index (χ0v) is 12.6. The number of hydrogen-bond donors (Lipinski definition) is 1. The average Bonchev–Trinajstić information content (AvgIpc) is 2.40. The van der Waals surface area contributed by atoms with Gasteiger partial charge >= 0.3 is 5.97 Å². The maximum atomic E-state index is 11.1. The fourth-order valence-electron chi connectivity index (χ4n) is 1.78. The summed E-state index contributed by atoms with van der Waals surface area (Å²) in [7, 11) is 0. The Morgan fingerprint density at radius 2 is 1.95 bits per heavy atom. The Kier molecular flexibility index (Phi) is 7.73. The molecule has 0 amide bonds. The van der Waals surface area contributed by atoms with Crippen LogP contribution >= 0.6 is 0 Å². The summed E-state index contributed by atoms with van der Waals surface area (Å²) < 4.78 is 10.5. The minimum atomic E-state index is -0.121. The molecule has 0 unspecified atom stereocenters. The van der Waals surface area contributed by atoms with Crippen molar-refractivity contribution in [3.05, 3.63) is 29.8 Å². The van der Waals surface area contributed by atoms with Crippen molar-refractivity contribution in [3.63, 3.8) is 0 Å². The number of carbonyl (C=O) groups excluding carboxylic acids is 1. The molecule has 1 aromatic carbocycles. The van der Waals surface area contributed by atoms with Crippen molar-refractivity contribution >= 4 is 5.97 Å². The van der Waals surface area contributed by atoms with E-state index in [4.69, 9.17) is 9.47 Å². The van der Waals surface area contributed by atoms with Gasteiger partial charge in [0.05, 0.1) is 12.7 Å². The molecule has 0 saturated carbocycles. The molecule has 0 atom stereocenters. The molecule has 0 aliphatic carbocycles. The molecule has 0 heterocycles. The first-order chi connectivity index (χ1) is 9.61. The Labute approximate surface area is 121 Å². The van der Waals surface area contributed by atoms with E-state index in [9.17, 15) is 4.79 Å². The van der Waals surface area contributed by atoms with Crippen LogP contribution in [-0.4, -0.2) is 25.2 Å². The first-order valence-electron chi connectivity index (χ1n) is 7.23. The van der Waals surface area contributed by atoms with Gasteiger partial charge in [0, 0.05) is 13.0 Å². The topological polar surface area (TPSA) is 47.6 Å². The monoisotopic (exact) mass is 279 g/mol. The van der Waals surface area contributed by atoms with E-state index in [1.165, 1.54) is 5.56 Å². The van der Waals surface area contributed by atoms with E-state index in [-0.39, 0.29) is 12.1 Å². The van der Waals surface area contributed by atoms with Crippen molar-refractivity contribution in [2.75, 3.05) is 13.2 Å². The molecule has 20 heavy (non-hydrogen) atoms. The lowest BCUT2D eigenvalue weighted by molar-refractivity contribution is -0.143. The molecular formula is C16H25NO3. The molecular weight excluding hydrogens is 254 g/mol. The van der Waals surface area contributed by atoms with Crippen LogP contribution in [0.4, 0.5) is 0 Å². The average molecular weight is 279 g/mol. The third-order valence-corrected chi connectivity index (χ3v) is 2.66. The van der Waals surface area contributed by atoms with Crippen LogP contribution < -0.4 is 10.1 Å². The number of ether oxygens (including phenoxy) is 2. The third kappa shape index (κ3) is 7.14. The van der Waals surface area contributed by atoms with Crippen LogP contribution in [0.5, 0.6) is 5.75 Å². The molecule has 1 aromatic rings. The molecule has 4 nitrogen and oxygen atoms in total. The van der Waals surface area contributed by atoms with Gasteiger partial charge in [0.1, 0.15) is 5.75 Å². The number of hydrogen-bond acceptors (Lipinski definition) is 4. The maximum Gasteiger partial charge on any atom is 0.305 e. The lowest BCUT2D eigenvalue weighted by Gasteiger charge is -2.10. The molecule has 1 N–H and O–H groups in total. The van der Waals surface area contributed by atoms with E-state index in [2.05, 4.69) is 17.4 Å². The lowest BCUT2D eigenvalue weighted by Crippen LogP contribution is -2.16. The molecule has 0 aliphatic rings. The van der Waals surface area contributed by atoms with E-state index in [1.807, 2.05) is 32.9 Å². The van der Waals surface area contributed by atoms with E-state index >= 15 is 0 Å². The number of benzene rings is 1. The van der Waals surface area contributed by atoms with E-state index in [0.717, 1.165) is 25.3 Å². The highest BCUT2D eigenvalue weighted by atomic mass is 16.5. The van der Waals surface area contributed by atoms with Crippen LogP contribution in [0.2, 0.25) is 0 Å². The van der Waals surface area contributed by atoms with Gasteiger partial charge in [-0.2, -0.15) is 0 Å². The molecule has 0 fully saturated rings. The molecule has 0 bridgehead atoms. The summed E-state index contributed by atoms with van der Waals surface area (Å²) in [6, 6.07) is 8.07. The smallest absolute Gasteiger partial charge is 0.305 e. The van der Waals surface area contributed by atoms with Gasteiger partial charge in [-0.3, -0.25) is 4.79 Å². The van der Waals surface area contributed by atoms with Gasteiger partial charge in [0.2, 0.25) is 0 Å². The van der Waals surface area contributed by atoms with Crippen molar-refractivity contribution in [1.29, 1.82) is 0 Å². The van der Waals surface area contributed by atoms with Crippen molar-refractivity contribution in [2.24, 2.45) is 0 Å². The van der Waals surface area contributed by atoms with Crippen LogP contribution in [0.3, 0.4) is 0 Å². The van der Waals surface area contributed by atoms with Crippen molar-refractivity contribution in [2.45, 2.75) is 46.3 Å². The number of esters is 1. The summed E-state index contributed by atoms with van der Waals surface area (Å²) in [5.74, 6) is 0.774. The minimum absolute atomic E-state index is 0.121. The van der Waals surface area contributed by atoms with E-state index in [0.29, 0.717) is 13.0 Å². The second-order valence-corrected chi connectivity index (χ2v) is 4.90. The Bertz CT molecular complexity index is 387. The fourth-order valence-corrected chi connectivity index (χ4v) is 1.78. The largest absolute Gasteiger partial charge is 0.491 e. The summed E-state index contributed by atoms with van der Waals surface area (Å²) >= 11 is 0. The zero-order valence-electron chi connectivity index (χ0n) is 12.6. The Morgan fingerprint density at radius 3 is 2.55 bits per heavy atom. The quantitative estimate of drug-likeness (QED) is 0.558. The summed E-state index contributed by atoms with van der Waals surface area (Å²) in [5.41, 5.74) is 1.21. The highest BCUT2D eigenvalue weighted by Gasteiger charge is 2.01. The van der Waals surface area contributed by atoms with Gasteiger partial charge in [0.15, 0.2) is 0 Å². The molecule has 112 valence electrons. The Hall–Kier alpha value is -1.55. The number of rotatable bonds is 9. The van der Waals surface area contributed by atoms with E-state index in [1.54, 1.807) is 0 Å². The normalized spacial score (nSPS) is 10.6. The molecule has 0 aliphatic heterocycles.